The molecule has 3 aromatic carbocycles. The van der Waals surface area contributed by atoms with E-state index in [2.05, 4.69) is 28.8 Å². The summed E-state index contributed by atoms with van der Waals surface area (Å²) in [5, 5.41) is 5.46. The number of amides is 2. The number of nitrogens with one attached hydrogen (secondary N) is 2. The molecule has 1 heterocycles. The van der Waals surface area contributed by atoms with Gasteiger partial charge in [0.25, 0.3) is 0 Å². The van der Waals surface area contributed by atoms with E-state index in [1.165, 1.54) is 16.7 Å². The molecule has 0 fully saturated rings. The van der Waals surface area contributed by atoms with Crippen molar-refractivity contribution < 1.29 is 14.3 Å². The number of hydrogen-bond acceptors (Lipinski definition) is 3. The van der Waals surface area contributed by atoms with Gasteiger partial charge in [-0.3, -0.25) is 9.59 Å². The van der Waals surface area contributed by atoms with Gasteiger partial charge in [0, 0.05) is 24.6 Å². The predicted molar refractivity (Wildman–Crippen MR) is 116 cm³/mol. The summed E-state index contributed by atoms with van der Waals surface area (Å²) in [7, 11) is 0. The molecule has 30 heavy (non-hydrogen) atoms. The summed E-state index contributed by atoms with van der Waals surface area (Å²) in [6.07, 6.45) is 1.84. The Morgan fingerprint density at radius 2 is 1.77 bits per heavy atom. The van der Waals surface area contributed by atoms with Crippen LogP contribution in [0.3, 0.4) is 0 Å². The van der Waals surface area contributed by atoms with E-state index in [-0.39, 0.29) is 5.92 Å². The molecule has 2 aliphatic rings. The lowest BCUT2D eigenvalue weighted by molar-refractivity contribution is -0.136. The van der Waals surface area contributed by atoms with Crippen molar-refractivity contribution in [2.24, 2.45) is 0 Å². The molecule has 0 aromatic heterocycles. The number of carbonyl (C=O) groups is 2. The lowest BCUT2D eigenvalue weighted by Gasteiger charge is -2.30. The number of anilines is 1. The van der Waals surface area contributed by atoms with Crippen LogP contribution in [0.15, 0.2) is 66.7 Å². The average Bonchev–Trinajstić information content (AvgIpc) is 3.22. The van der Waals surface area contributed by atoms with Gasteiger partial charge in [0.1, 0.15) is 5.75 Å². The molecule has 5 nitrogen and oxygen atoms in total. The fourth-order valence-electron chi connectivity index (χ4n) is 4.17. The third kappa shape index (κ3) is 3.54. The van der Waals surface area contributed by atoms with Gasteiger partial charge < -0.3 is 15.4 Å². The second-order valence-electron chi connectivity index (χ2n) is 7.77. The summed E-state index contributed by atoms with van der Waals surface area (Å²) in [6, 6.07) is 21.8. The second kappa shape index (κ2) is 7.67. The Kier molecular flexibility index (Phi) is 4.71. The Morgan fingerprint density at radius 1 is 0.900 bits per heavy atom. The van der Waals surface area contributed by atoms with Crippen LogP contribution in [0.1, 0.15) is 22.6 Å². The summed E-state index contributed by atoms with van der Waals surface area (Å²) in [6.45, 7) is 1.19. The Hall–Kier alpha value is -3.60. The molecular weight excluding hydrogens is 376 g/mol. The van der Waals surface area contributed by atoms with Crippen LogP contribution in [-0.4, -0.2) is 25.0 Å². The number of carbonyl (C=O) groups excluding carboxylic acids is 2. The number of ether oxygens (including phenoxy) is 1. The van der Waals surface area contributed by atoms with Crippen molar-refractivity contribution in [1.82, 2.24) is 5.32 Å². The Balaban J connectivity index is 1.21. The van der Waals surface area contributed by atoms with Crippen molar-refractivity contribution in [3.05, 3.63) is 83.4 Å². The first-order valence-corrected chi connectivity index (χ1v) is 10.2. The van der Waals surface area contributed by atoms with Crippen molar-refractivity contribution in [3.63, 3.8) is 0 Å². The van der Waals surface area contributed by atoms with Crippen LogP contribution in [0, 0.1) is 0 Å². The van der Waals surface area contributed by atoms with Gasteiger partial charge in [-0.05, 0) is 58.5 Å². The van der Waals surface area contributed by atoms with Gasteiger partial charge in [-0.2, -0.15) is 0 Å². The summed E-state index contributed by atoms with van der Waals surface area (Å²) in [5.74, 6) is -0.0411. The van der Waals surface area contributed by atoms with Crippen LogP contribution in [-0.2, 0) is 22.4 Å². The third-order valence-electron chi connectivity index (χ3n) is 5.82. The highest BCUT2D eigenvalue weighted by Gasteiger charge is 2.26. The van der Waals surface area contributed by atoms with Gasteiger partial charge in [0.2, 0.25) is 0 Å². The molecule has 0 radical (unpaired) electrons. The molecule has 0 bridgehead atoms. The molecule has 1 aliphatic heterocycles. The molecule has 3 aromatic rings. The van der Waals surface area contributed by atoms with Gasteiger partial charge in [0.15, 0.2) is 0 Å². The standard InChI is InChI=1S/C25H22N2O3/c28-24(26-15-20-13-18-4-1-2-7-22(18)20)25(29)27-21-6-3-5-16(14-21)17-8-9-23-19(12-17)10-11-30-23/h1-9,12,14,20H,10-11,13,15H2,(H,26,28)(H,27,29). The van der Waals surface area contributed by atoms with E-state index < -0.39 is 11.8 Å². The third-order valence-corrected chi connectivity index (χ3v) is 5.82. The molecule has 2 N–H and O–H groups in total. The lowest BCUT2D eigenvalue weighted by Crippen LogP contribution is -2.39. The summed E-state index contributed by atoms with van der Waals surface area (Å²) < 4.78 is 5.56. The van der Waals surface area contributed by atoms with Crippen molar-refractivity contribution in [2.45, 2.75) is 18.8 Å². The van der Waals surface area contributed by atoms with Crippen LogP contribution in [0.25, 0.3) is 11.1 Å². The van der Waals surface area contributed by atoms with Gasteiger partial charge in [0.05, 0.1) is 6.61 Å². The zero-order chi connectivity index (χ0) is 20.5. The minimum Gasteiger partial charge on any atom is -0.493 e. The monoisotopic (exact) mass is 398 g/mol. The Bertz CT molecular complexity index is 1140. The van der Waals surface area contributed by atoms with Gasteiger partial charge >= 0.3 is 11.8 Å². The molecule has 1 aliphatic carbocycles. The van der Waals surface area contributed by atoms with E-state index in [1.807, 2.05) is 42.5 Å². The molecule has 0 saturated heterocycles. The molecular formula is C25H22N2O3. The molecule has 0 spiro atoms. The maximum atomic E-state index is 12.3. The fraction of sp³-hybridized carbons (Fsp3) is 0.200. The molecule has 2 amide bonds. The minimum atomic E-state index is -0.651. The highest BCUT2D eigenvalue weighted by molar-refractivity contribution is 6.39. The molecule has 5 heteroatoms. The van der Waals surface area contributed by atoms with Crippen LogP contribution in [0.2, 0.25) is 0 Å². The first kappa shape index (κ1) is 18.4. The number of benzene rings is 3. The fourth-order valence-corrected chi connectivity index (χ4v) is 4.17. The van der Waals surface area contributed by atoms with E-state index in [0.717, 1.165) is 36.3 Å². The van der Waals surface area contributed by atoms with E-state index >= 15 is 0 Å². The first-order valence-electron chi connectivity index (χ1n) is 10.2. The predicted octanol–water partition coefficient (Wildman–Crippen LogP) is 3.68. The first-order chi connectivity index (χ1) is 14.7. The maximum absolute atomic E-state index is 12.3. The lowest BCUT2D eigenvalue weighted by atomic mass is 9.77. The van der Waals surface area contributed by atoms with E-state index in [9.17, 15) is 9.59 Å². The largest absolute Gasteiger partial charge is 0.493 e. The zero-order valence-corrected chi connectivity index (χ0v) is 16.5. The van der Waals surface area contributed by atoms with E-state index in [4.69, 9.17) is 4.74 Å². The summed E-state index contributed by atoms with van der Waals surface area (Å²) in [5.41, 5.74) is 6.40. The maximum Gasteiger partial charge on any atom is 0.313 e. The van der Waals surface area contributed by atoms with Gasteiger partial charge in [-0.25, -0.2) is 0 Å². The van der Waals surface area contributed by atoms with E-state index in [1.54, 1.807) is 6.07 Å². The van der Waals surface area contributed by atoms with E-state index in [0.29, 0.717) is 12.2 Å². The number of hydrogen-bond donors (Lipinski definition) is 2. The van der Waals surface area contributed by atoms with Crippen LogP contribution >= 0.6 is 0 Å². The smallest absolute Gasteiger partial charge is 0.313 e. The normalized spacial score (nSPS) is 15.9. The van der Waals surface area contributed by atoms with Crippen molar-refractivity contribution in [1.29, 1.82) is 0 Å². The van der Waals surface area contributed by atoms with Crippen LogP contribution in [0.5, 0.6) is 5.75 Å². The van der Waals surface area contributed by atoms with Crippen LogP contribution < -0.4 is 15.4 Å². The van der Waals surface area contributed by atoms with Gasteiger partial charge in [-0.15, -0.1) is 0 Å². The van der Waals surface area contributed by atoms with Crippen molar-refractivity contribution >= 4 is 17.5 Å². The highest BCUT2D eigenvalue weighted by Crippen LogP contribution is 2.34. The summed E-state index contributed by atoms with van der Waals surface area (Å²) in [4.78, 5) is 24.6. The number of fused-ring (bicyclic) bond motifs is 2. The highest BCUT2D eigenvalue weighted by atomic mass is 16.5. The zero-order valence-electron chi connectivity index (χ0n) is 16.5. The summed E-state index contributed by atoms with van der Waals surface area (Å²) >= 11 is 0. The van der Waals surface area contributed by atoms with Crippen LogP contribution in [0.4, 0.5) is 5.69 Å². The minimum absolute atomic E-state index is 0.282. The second-order valence-corrected chi connectivity index (χ2v) is 7.77. The topological polar surface area (TPSA) is 67.4 Å². The number of rotatable bonds is 4. The Labute approximate surface area is 175 Å². The van der Waals surface area contributed by atoms with Gasteiger partial charge in [-0.1, -0.05) is 42.5 Å². The SMILES string of the molecule is O=C(NCC1Cc2ccccc21)C(=O)Nc1cccc(-c2ccc3c(c2)CCO3)c1. The van der Waals surface area contributed by atoms with Crippen molar-refractivity contribution in [3.8, 4) is 16.9 Å². The molecule has 0 saturated carbocycles. The average molecular weight is 398 g/mol. The molecule has 5 rings (SSSR count). The van der Waals surface area contributed by atoms with Crippen molar-refractivity contribution in [2.75, 3.05) is 18.5 Å². The molecule has 1 atom stereocenters. The Morgan fingerprint density at radius 3 is 2.67 bits per heavy atom. The molecule has 1 unspecified atom stereocenters. The molecule has 150 valence electrons. The quantitative estimate of drug-likeness (QED) is 0.659.